The summed E-state index contributed by atoms with van der Waals surface area (Å²) in [5.74, 6) is 2.37. The highest BCUT2D eigenvalue weighted by atomic mass is 16.5. The average Bonchev–Trinajstić information content (AvgIpc) is 3.64. The predicted octanol–water partition coefficient (Wildman–Crippen LogP) is 13.5. The van der Waals surface area contributed by atoms with Gasteiger partial charge in [0, 0.05) is 0 Å². The van der Waals surface area contributed by atoms with Crippen LogP contribution in [-0.2, 0) is 12.8 Å². The number of fused-ring (bicyclic) bond motifs is 2. The highest BCUT2D eigenvalue weighted by Gasteiger charge is 2.16. The molecule has 0 N–H and O–H groups in total. The predicted molar refractivity (Wildman–Crippen MR) is 201 cm³/mol. The van der Waals surface area contributed by atoms with E-state index in [4.69, 9.17) is 17.9 Å². The van der Waals surface area contributed by atoms with Crippen LogP contribution >= 0.6 is 0 Å². The Labute approximate surface area is 283 Å². The van der Waals surface area contributed by atoms with E-state index < -0.39 is 0 Å². The maximum atomic E-state index is 7.20. The molecule has 5 aromatic carbocycles. The highest BCUT2D eigenvalue weighted by Crippen LogP contribution is 2.29. The van der Waals surface area contributed by atoms with Gasteiger partial charge in [-0.25, -0.2) is 9.69 Å². The zero-order chi connectivity index (χ0) is 33.6. The zero-order valence-corrected chi connectivity index (χ0v) is 28.9. The quantitative estimate of drug-likeness (QED) is 0.157. The molecule has 0 heterocycles. The van der Waals surface area contributed by atoms with Gasteiger partial charge < -0.3 is 4.74 Å². The van der Waals surface area contributed by atoms with E-state index in [0.29, 0.717) is 23.4 Å². The van der Waals surface area contributed by atoms with Gasteiger partial charge in [-0.05, 0) is 113 Å². The summed E-state index contributed by atoms with van der Waals surface area (Å²) < 4.78 is 6.07. The molecule has 47 heavy (non-hydrogen) atoms. The van der Waals surface area contributed by atoms with Crippen molar-refractivity contribution in [3.63, 3.8) is 0 Å². The van der Waals surface area contributed by atoms with E-state index >= 15 is 0 Å². The molecule has 3 heteroatoms. The molecule has 1 aliphatic carbocycles. The van der Waals surface area contributed by atoms with Gasteiger partial charge in [0.2, 0.25) is 0 Å². The number of hydrogen-bond acceptors (Lipinski definition) is 1. The minimum absolute atomic E-state index is 0.409. The van der Waals surface area contributed by atoms with Crippen LogP contribution in [0.25, 0.3) is 31.2 Å². The summed E-state index contributed by atoms with van der Waals surface area (Å²) in [4.78, 5) is 6.97. The lowest BCUT2D eigenvalue weighted by atomic mass is 9.92. The van der Waals surface area contributed by atoms with Gasteiger partial charge in [-0.15, -0.1) is 0 Å². The van der Waals surface area contributed by atoms with E-state index in [-0.39, 0.29) is 0 Å². The summed E-state index contributed by atoms with van der Waals surface area (Å²) in [6.45, 7) is 25.3. The van der Waals surface area contributed by atoms with Crippen molar-refractivity contribution in [3.05, 3.63) is 137 Å². The molecule has 0 radical (unpaired) electrons. The Bertz CT molecular complexity index is 1800. The summed E-state index contributed by atoms with van der Waals surface area (Å²) in [5.41, 5.74) is 5.38. The van der Waals surface area contributed by atoms with Crippen molar-refractivity contribution in [2.24, 2.45) is 5.92 Å². The lowest BCUT2D eigenvalue weighted by molar-refractivity contribution is 0.210. The van der Waals surface area contributed by atoms with Crippen LogP contribution in [0.5, 0.6) is 5.75 Å². The average molecular weight is 623 g/mol. The lowest BCUT2D eigenvalue weighted by Gasteiger charge is -2.16. The van der Waals surface area contributed by atoms with Crippen LogP contribution in [0.3, 0.4) is 0 Å². The first kappa shape index (κ1) is 35.3. The van der Waals surface area contributed by atoms with E-state index in [1.165, 1.54) is 66.0 Å². The number of aryl methyl sites for hydroxylation is 1. The van der Waals surface area contributed by atoms with Gasteiger partial charge in [0.25, 0.3) is 0 Å². The largest absolute Gasteiger partial charge is 0.490 e. The fourth-order valence-electron chi connectivity index (χ4n) is 5.89. The third kappa shape index (κ3) is 10.5. The molecular formula is C44H50N2O. The van der Waals surface area contributed by atoms with Gasteiger partial charge in [0.15, 0.2) is 11.4 Å². The topological polar surface area (TPSA) is 17.9 Å². The number of rotatable bonds is 8. The van der Waals surface area contributed by atoms with Gasteiger partial charge in [-0.1, -0.05) is 120 Å². The van der Waals surface area contributed by atoms with Crippen LogP contribution < -0.4 is 4.74 Å². The first-order valence-corrected chi connectivity index (χ1v) is 17.4. The molecule has 0 aliphatic heterocycles. The summed E-state index contributed by atoms with van der Waals surface area (Å²) in [7, 11) is 0. The van der Waals surface area contributed by atoms with Crippen molar-refractivity contribution >= 4 is 32.9 Å². The molecule has 1 unspecified atom stereocenters. The lowest BCUT2D eigenvalue weighted by Crippen LogP contribution is -2.10. The van der Waals surface area contributed by atoms with E-state index in [9.17, 15) is 0 Å². The Hall–Kier alpha value is -4.60. The van der Waals surface area contributed by atoms with Crippen LogP contribution in [0, 0.1) is 19.1 Å². The molecule has 5 aromatic rings. The van der Waals surface area contributed by atoms with Crippen LogP contribution in [0.15, 0.2) is 97.1 Å². The molecule has 1 atom stereocenters. The Morgan fingerprint density at radius 2 is 1.15 bits per heavy atom. The van der Waals surface area contributed by atoms with Crippen LogP contribution in [-0.4, -0.2) is 6.10 Å². The zero-order valence-electron chi connectivity index (χ0n) is 28.9. The maximum Gasteiger partial charge on any atom is 0.187 e. The fourth-order valence-corrected chi connectivity index (χ4v) is 5.89. The molecule has 0 aromatic heterocycles. The normalized spacial score (nSPS) is 13.2. The van der Waals surface area contributed by atoms with E-state index in [2.05, 4.69) is 105 Å². The molecule has 6 rings (SSSR count). The summed E-state index contributed by atoms with van der Waals surface area (Å²) in [6, 6.07) is 33.3. The number of hydrogen-bond donors (Lipinski definition) is 0. The van der Waals surface area contributed by atoms with Crippen molar-refractivity contribution in [3.8, 4) is 5.75 Å². The molecule has 1 fully saturated rings. The number of nitrogens with zero attached hydrogens (tertiary/aromatic N) is 2. The first-order valence-electron chi connectivity index (χ1n) is 17.4. The van der Waals surface area contributed by atoms with E-state index in [0.717, 1.165) is 35.3 Å². The monoisotopic (exact) mass is 622 g/mol. The second-order valence-electron chi connectivity index (χ2n) is 12.9. The van der Waals surface area contributed by atoms with Crippen molar-refractivity contribution in [1.82, 2.24) is 0 Å². The van der Waals surface area contributed by atoms with Crippen molar-refractivity contribution in [2.75, 3.05) is 0 Å². The molecule has 1 saturated carbocycles. The minimum atomic E-state index is 0.409. The molecule has 0 spiro atoms. The van der Waals surface area contributed by atoms with Crippen molar-refractivity contribution in [1.29, 1.82) is 0 Å². The smallest absolute Gasteiger partial charge is 0.187 e. The second kappa shape index (κ2) is 17.9. The molecule has 0 bridgehead atoms. The van der Waals surface area contributed by atoms with Gasteiger partial charge in [-0.3, -0.25) is 0 Å². The fraction of sp³-hybridized carbons (Fsp3) is 0.364. The molecule has 0 amide bonds. The van der Waals surface area contributed by atoms with E-state index in [1.54, 1.807) is 0 Å². The minimum Gasteiger partial charge on any atom is -0.490 e. The van der Waals surface area contributed by atoms with Crippen LogP contribution in [0.1, 0.15) is 95.8 Å². The van der Waals surface area contributed by atoms with Crippen molar-refractivity contribution in [2.45, 2.75) is 98.0 Å². The molecule has 3 nitrogen and oxygen atoms in total. The standard InChI is InChI=1S/C25H25NO.C13H11N.C6H14/c1-18(20-10-13-25(14-11-20)27-24-5-3-4-6-24)15-19-7-8-21-9-12-23(26-2)17-22(21)16-19;1-3-10-4-5-11-6-7-13(14-2)9-12(11)8-10;1-4-6(3)5-2/h7-14,16-18,24H,3-6,15H2,1H3;4-9H,3H2,1H3;6H,4-5H2,1-3H3. The van der Waals surface area contributed by atoms with Gasteiger partial charge in [0.1, 0.15) is 5.75 Å². The maximum absolute atomic E-state index is 7.20. The number of benzene rings is 5. The highest BCUT2D eigenvalue weighted by molar-refractivity contribution is 5.87. The molecule has 0 saturated heterocycles. The summed E-state index contributed by atoms with van der Waals surface area (Å²) >= 11 is 0. The second-order valence-corrected chi connectivity index (χ2v) is 12.9. The Morgan fingerprint density at radius 1 is 0.638 bits per heavy atom. The Balaban J connectivity index is 0.000000208. The summed E-state index contributed by atoms with van der Waals surface area (Å²) in [6.07, 6.45) is 10.1. The van der Waals surface area contributed by atoms with Crippen LogP contribution in [0.2, 0.25) is 0 Å². The van der Waals surface area contributed by atoms with Gasteiger partial charge >= 0.3 is 0 Å². The van der Waals surface area contributed by atoms with E-state index in [1.807, 2.05) is 36.4 Å². The van der Waals surface area contributed by atoms with Gasteiger partial charge in [-0.2, -0.15) is 0 Å². The van der Waals surface area contributed by atoms with Gasteiger partial charge in [0.05, 0.1) is 19.2 Å². The third-order valence-electron chi connectivity index (χ3n) is 9.43. The van der Waals surface area contributed by atoms with Crippen LogP contribution in [0.4, 0.5) is 11.4 Å². The SMILES string of the molecule is CCC(C)CC.[C-]#[N+]c1ccc2ccc(CC(C)c3ccc(OC4CCCC4)cc3)cc2c1.[C-]#[N+]c1ccc2ccc(CC)cc2c1. The Kier molecular flexibility index (Phi) is 13.4. The molecular weight excluding hydrogens is 572 g/mol. The Morgan fingerprint density at radius 3 is 1.64 bits per heavy atom. The molecule has 1 aliphatic rings. The molecule has 242 valence electrons. The number of ether oxygens (including phenoxy) is 1. The van der Waals surface area contributed by atoms with Crippen molar-refractivity contribution < 1.29 is 4.74 Å². The third-order valence-corrected chi connectivity index (χ3v) is 9.43. The first-order chi connectivity index (χ1) is 22.8. The summed E-state index contributed by atoms with van der Waals surface area (Å²) in [5, 5.41) is 4.70.